The molecule has 1 aliphatic heterocycles. The minimum atomic E-state index is 0.387. The highest BCUT2D eigenvalue weighted by atomic mass is 16.5. The second-order valence-electron chi connectivity index (χ2n) is 6.09. The van der Waals surface area contributed by atoms with Gasteiger partial charge in [-0.1, -0.05) is 6.58 Å². The first-order valence-corrected chi connectivity index (χ1v) is 7.91. The number of hydrogen-bond donors (Lipinski definition) is 2. The number of rotatable bonds is 3. The fourth-order valence-corrected chi connectivity index (χ4v) is 3.07. The molecule has 0 fully saturated rings. The molecule has 0 amide bonds. The predicted molar refractivity (Wildman–Crippen MR) is 93.6 cm³/mol. The van der Waals surface area contributed by atoms with E-state index in [1.807, 2.05) is 35.0 Å². The highest BCUT2D eigenvalue weighted by Gasteiger charge is 2.21. The molecule has 24 heavy (non-hydrogen) atoms. The minimum Gasteiger partial charge on any atom is -0.439 e. The first kappa shape index (κ1) is 14.7. The third-order valence-corrected chi connectivity index (χ3v) is 4.31. The number of nitrogens with one attached hydrogen (secondary N) is 1. The van der Waals surface area contributed by atoms with E-state index in [9.17, 15) is 0 Å². The van der Waals surface area contributed by atoms with Gasteiger partial charge in [0.1, 0.15) is 12.1 Å². The zero-order chi connectivity index (χ0) is 16.7. The summed E-state index contributed by atoms with van der Waals surface area (Å²) in [7, 11) is 0. The zero-order valence-electron chi connectivity index (χ0n) is 13.5. The molecule has 0 spiro atoms. The molecule has 6 nitrogen and oxygen atoms in total. The Morgan fingerprint density at radius 3 is 3.08 bits per heavy atom. The van der Waals surface area contributed by atoms with Crippen LogP contribution in [0.5, 0.6) is 11.6 Å². The van der Waals surface area contributed by atoms with E-state index in [0.29, 0.717) is 17.7 Å². The summed E-state index contributed by atoms with van der Waals surface area (Å²) < 4.78 is 7.91. The van der Waals surface area contributed by atoms with Gasteiger partial charge >= 0.3 is 0 Å². The molecule has 122 valence electrons. The fourth-order valence-electron chi connectivity index (χ4n) is 3.07. The maximum absolute atomic E-state index is 6.06. The molecule has 3 N–H and O–H groups in total. The van der Waals surface area contributed by atoms with Gasteiger partial charge in [0.25, 0.3) is 0 Å². The lowest BCUT2D eigenvalue weighted by molar-refractivity contribution is 0.430. The van der Waals surface area contributed by atoms with Gasteiger partial charge in [-0.2, -0.15) is 0 Å². The van der Waals surface area contributed by atoms with Crippen molar-refractivity contribution in [2.24, 2.45) is 5.73 Å². The average molecular weight is 321 g/mol. The topological polar surface area (TPSA) is 78.0 Å². The molecule has 0 saturated heterocycles. The Balaban J connectivity index is 1.69. The number of benzene rings is 1. The van der Waals surface area contributed by atoms with E-state index in [1.165, 1.54) is 0 Å². The molecule has 1 aliphatic rings. The van der Waals surface area contributed by atoms with E-state index in [0.717, 1.165) is 40.9 Å². The van der Waals surface area contributed by atoms with Crippen LogP contribution in [0.15, 0.2) is 43.4 Å². The number of ether oxygens (including phenoxy) is 1. The van der Waals surface area contributed by atoms with Crippen molar-refractivity contribution in [2.75, 3.05) is 0 Å². The zero-order valence-corrected chi connectivity index (χ0v) is 13.5. The van der Waals surface area contributed by atoms with Gasteiger partial charge in [-0.3, -0.25) is 0 Å². The normalized spacial score (nSPS) is 16.8. The van der Waals surface area contributed by atoms with Crippen LogP contribution in [0.4, 0.5) is 0 Å². The fraction of sp³-hybridized carbons (Fsp3) is 0.222. The Hall–Kier alpha value is -2.86. The van der Waals surface area contributed by atoms with Gasteiger partial charge in [0, 0.05) is 29.7 Å². The molecule has 2 aromatic heterocycles. The Labute approximate surface area is 140 Å². The number of hydrogen-bond acceptors (Lipinski definition) is 5. The average Bonchev–Trinajstić information content (AvgIpc) is 2.99. The van der Waals surface area contributed by atoms with E-state index < -0.39 is 0 Å². The van der Waals surface area contributed by atoms with Gasteiger partial charge in [-0.15, -0.1) is 0 Å². The van der Waals surface area contributed by atoms with Crippen LogP contribution in [0.1, 0.15) is 18.2 Å². The van der Waals surface area contributed by atoms with Crippen molar-refractivity contribution in [2.45, 2.75) is 25.9 Å². The van der Waals surface area contributed by atoms with Crippen molar-refractivity contribution in [1.82, 2.24) is 19.9 Å². The Morgan fingerprint density at radius 2 is 2.25 bits per heavy atom. The van der Waals surface area contributed by atoms with E-state index in [-0.39, 0.29) is 0 Å². The largest absolute Gasteiger partial charge is 0.439 e. The lowest BCUT2D eigenvalue weighted by atomic mass is 10.0. The number of nitrogens with two attached hydrogens (primary N) is 1. The third-order valence-electron chi connectivity index (χ3n) is 4.31. The van der Waals surface area contributed by atoms with Crippen molar-refractivity contribution in [3.8, 4) is 11.6 Å². The summed E-state index contributed by atoms with van der Waals surface area (Å²) in [4.78, 5) is 8.68. The molecule has 0 unspecified atom stereocenters. The second-order valence-corrected chi connectivity index (χ2v) is 6.09. The maximum atomic E-state index is 6.06. The Bertz CT molecular complexity index is 930. The van der Waals surface area contributed by atoms with Crippen molar-refractivity contribution in [1.29, 1.82) is 0 Å². The molecule has 0 aliphatic carbocycles. The molecule has 6 heteroatoms. The van der Waals surface area contributed by atoms with Crippen LogP contribution < -0.4 is 15.8 Å². The van der Waals surface area contributed by atoms with Gasteiger partial charge in [0.05, 0.1) is 17.0 Å². The summed E-state index contributed by atoms with van der Waals surface area (Å²) in [6.45, 7) is 6.67. The Kier molecular flexibility index (Phi) is 3.46. The van der Waals surface area contributed by atoms with Crippen LogP contribution in [-0.4, -0.2) is 20.6 Å². The maximum Gasteiger partial charge on any atom is 0.225 e. The summed E-state index contributed by atoms with van der Waals surface area (Å²) in [6, 6.07) is 8.24. The highest BCUT2D eigenvalue weighted by Crippen LogP contribution is 2.30. The molecule has 0 bridgehead atoms. The van der Waals surface area contributed by atoms with Crippen LogP contribution in [-0.2, 0) is 13.0 Å². The molecular weight excluding hydrogens is 302 g/mol. The van der Waals surface area contributed by atoms with Gasteiger partial charge in [0.2, 0.25) is 5.88 Å². The van der Waals surface area contributed by atoms with Crippen LogP contribution in [0.2, 0.25) is 0 Å². The van der Waals surface area contributed by atoms with Crippen molar-refractivity contribution < 1.29 is 4.74 Å². The number of aromatic nitrogens is 3. The van der Waals surface area contributed by atoms with E-state index in [1.54, 1.807) is 6.33 Å². The molecule has 1 atom stereocenters. The minimum absolute atomic E-state index is 0.387. The number of fused-ring (bicyclic) bond motifs is 2. The summed E-state index contributed by atoms with van der Waals surface area (Å²) in [5.41, 5.74) is 8.87. The molecule has 1 aromatic carbocycles. The summed E-state index contributed by atoms with van der Waals surface area (Å²) in [5.74, 6) is 1.87. The third kappa shape index (κ3) is 2.51. The summed E-state index contributed by atoms with van der Waals surface area (Å²) in [5, 5.41) is 4.44. The quantitative estimate of drug-likeness (QED) is 0.775. The number of nitrogens with zero attached hydrogens (tertiary/aromatic N) is 3. The summed E-state index contributed by atoms with van der Waals surface area (Å²) in [6.07, 6.45) is 4.31. The van der Waals surface area contributed by atoms with Gasteiger partial charge in [-0.05, 0) is 37.6 Å². The standard InChI is InChI=1S/C18H19N5O/c1-11-7-15-16(9-20-11)21-10-22-18(15)24-14-3-4-17-13(8-14)5-6-23(17)12(2)19/h3-6,8,10-11,20H,2,7,9,19H2,1H3/t11-/m0/s1. The van der Waals surface area contributed by atoms with Crippen molar-refractivity contribution >= 4 is 16.7 Å². The Morgan fingerprint density at radius 1 is 1.38 bits per heavy atom. The van der Waals surface area contributed by atoms with Crippen LogP contribution in [0.25, 0.3) is 16.7 Å². The van der Waals surface area contributed by atoms with Crippen LogP contribution in [0, 0.1) is 0 Å². The predicted octanol–water partition coefficient (Wildman–Crippen LogP) is 2.64. The second kappa shape index (κ2) is 5.65. The molecule has 0 radical (unpaired) electrons. The van der Waals surface area contributed by atoms with E-state index in [4.69, 9.17) is 10.5 Å². The van der Waals surface area contributed by atoms with E-state index >= 15 is 0 Å². The molecule has 3 aromatic rings. The monoisotopic (exact) mass is 321 g/mol. The molecule has 0 saturated carbocycles. The van der Waals surface area contributed by atoms with Gasteiger partial charge in [-0.25, -0.2) is 9.97 Å². The molecule has 3 heterocycles. The SMILES string of the molecule is C=C(N)n1ccc2cc(Oc3ncnc4c3C[C@H](C)NC4)ccc21. The first-order chi connectivity index (χ1) is 11.6. The molecular formula is C18H19N5O. The smallest absolute Gasteiger partial charge is 0.225 e. The van der Waals surface area contributed by atoms with E-state index in [2.05, 4.69) is 28.8 Å². The highest BCUT2D eigenvalue weighted by molar-refractivity contribution is 5.84. The van der Waals surface area contributed by atoms with Crippen molar-refractivity contribution in [3.05, 3.63) is 54.6 Å². The lowest BCUT2D eigenvalue weighted by Crippen LogP contribution is -2.33. The van der Waals surface area contributed by atoms with Gasteiger partial charge < -0.3 is 20.4 Å². The summed E-state index contributed by atoms with van der Waals surface area (Å²) >= 11 is 0. The van der Waals surface area contributed by atoms with Crippen molar-refractivity contribution in [3.63, 3.8) is 0 Å². The lowest BCUT2D eigenvalue weighted by Gasteiger charge is -2.23. The molecule has 4 rings (SSSR count). The van der Waals surface area contributed by atoms with Gasteiger partial charge in [0.15, 0.2) is 0 Å². The van der Waals surface area contributed by atoms with Crippen LogP contribution in [0.3, 0.4) is 0 Å². The van der Waals surface area contributed by atoms with Crippen LogP contribution >= 0.6 is 0 Å². The first-order valence-electron chi connectivity index (χ1n) is 7.91.